The Morgan fingerprint density at radius 1 is 1.00 bits per heavy atom. The standard InChI is InChI=1S/C17H12O2S/c18-11-10-16(17-9-4-12-20-17)19-15-8-3-6-13-5-1-2-7-14(13)15/h1-12H/b16-10-. The average molecular weight is 280 g/mol. The molecule has 0 bridgehead atoms. The van der Waals surface area contributed by atoms with Crippen LogP contribution in [-0.4, -0.2) is 6.29 Å². The van der Waals surface area contributed by atoms with Crippen molar-refractivity contribution in [1.29, 1.82) is 0 Å². The van der Waals surface area contributed by atoms with E-state index < -0.39 is 0 Å². The fourth-order valence-corrected chi connectivity index (χ4v) is 2.74. The molecule has 0 fully saturated rings. The zero-order chi connectivity index (χ0) is 13.8. The molecule has 0 saturated heterocycles. The number of hydrogen-bond donors (Lipinski definition) is 0. The molecule has 0 aliphatic heterocycles. The van der Waals surface area contributed by atoms with Gasteiger partial charge in [0.1, 0.15) is 17.8 Å². The molecule has 98 valence electrons. The van der Waals surface area contributed by atoms with Crippen LogP contribution in [0.25, 0.3) is 16.5 Å². The Hall–Kier alpha value is -2.39. The summed E-state index contributed by atoms with van der Waals surface area (Å²) in [6, 6.07) is 17.8. The van der Waals surface area contributed by atoms with Crippen LogP contribution in [0.15, 0.2) is 66.1 Å². The van der Waals surface area contributed by atoms with Gasteiger partial charge in [-0.15, -0.1) is 11.3 Å². The highest BCUT2D eigenvalue weighted by Crippen LogP contribution is 2.30. The lowest BCUT2D eigenvalue weighted by molar-refractivity contribution is -0.104. The smallest absolute Gasteiger partial charge is 0.147 e. The predicted octanol–water partition coefficient (Wildman–Crippen LogP) is 4.52. The van der Waals surface area contributed by atoms with E-state index in [-0.39, 0.29) is 0 Å². The summed E-state index contributed by atoms with van der Waals surface area (Å²) in [5, 5.41) is 4.10. The number of carbonyl (C=O) groups excluding carboxylic acids is 1. The Morgan fingerprint density at radius 2 is 1.85 bits per heavy atom. The zero-order valence-electron chi connectivity index (χ0n) is 10.7. The lowest BCUT2D eigenvalue weighted by atomic mass is 10.1. The van der Waals surface area contributed by atoms with Crippen LogP contribution >= 0.6 is 11.3 Å². The number of fused-ring (bicyclic) bond motifs is 1. The second-order valence-electron chi connectivity index (χ2n) is 4.22. The van der Waals surface area contributed by atoms with Crippen LogP contribution in [0.5, 0.6) is 5.75 Å². The summed E-state index contributed by atoms with van der Waals surface area (Å²) in [7, 11) is 0. The van der Waals surface area contributed by atoms with Crippen molar-refractivity contribution >= 4 is 34.2 Å². The molecule has 0 amide bonds. The van der Waals surface area contributed by atoms with Crippen LogP contribution in [0, 0.1) is 0 Å². The van der Waals surface area contributed by atoms with Gasteiger partial charge in [0.25, 0.3) is 0 Å². The van der Waals surface area contributed by atoms with Crippen molar-refractivity contribution in [2.24, 2.45) is 0 Å². The number of hydrogen-bond acceptors (Lipinski definition) is 3. The second-order valence-corrected chi connectivity index (χ2v) is 5.17. The first kappa shape index (κ1) is 12.6. The number of allylic oxidation sites excluding steroid dienone is 1. The largest absolute Gasteiger partial charge is 0.455 e. The van der Waals surface area contributed by atoms with E-state index in [1.807, 2.05) is 60.0 Å². The average Bonchev–Trinajstić information content (AvgIpc) is 3.01. The van der Waals surface area contributed by atoms with Gasteiger partial charge < -0.3 is 4.74 Å². The molecule has 2 aromatic carbocycles. The summed E-state index contributed by atoms with van der Waals surface area (Å²) in [6.07, 6.45) is 2.20. The number of rotatable bonds is 4. The Labute approximate surface area is 120 Å². The number of thiophene rings is 1. The Balaban J connectivity index is 2.03. The van der Waals surface area contributed by atoms with Gasteiger partial charge in [-0.05, 0) is 22.9 Å². The molecule has 0 aliphatic carbocycles. The molecule has 3 heteroatoms. The third-order valence-corrected chi connectivity index (χ3v) is 3.84. The normalized spacial score (nSPS) is 11.5. The fraction of sp³-hybridized carbons (Fsp3) is 0. The van der Waals surface area contributed by atoms with E-state index in [1.165, 1.54) is 6.08 Å². The summed E-state index contributed by atoms with van der Waals surface area (Å²) in [6.45, 7) is 0. The predicted molar refractivity (Wildman–Crippen MR) is 82.9 cm³/mol. The molecule has 0 spiro atoms. The molecule has 20 heavy (non-hydrogen) atoms. The SMILES string of the molecule is O=C/C=C(\Oc1cccc2ccccc12)c1cccs1. The van der Waals surface area contributed by atoms with Gasteiger partial charge in [0.2, 0.25) is 0 Å². The summed E-state index contributed by atoms with van der Waals surface area (Å²) in [5.74, 6) is 1.33. The molecule has 0 aliphatic rings. The highest BCUT2D eigenvalue weighted by molar-refractivity contribution is 7.11. The third kappa shape index (κ3) is 2.49. The van der Waals surface area contributed by atoms with E-state index >= 15 is 0 Å². The number of benzene rings is 2. The van der Waals surface area contributed by atoms with E-state index in [0.717, 1.165) is 27.7 Å². The van der Waals surface area contributed by atoms with Crippen LogP contribution in [-0.2, 0) is 4.79 Å². The summed E-state index contributed by atoms with van der Waals surface area (Å²) < 4.78 is 5.95. The monoisotopic (exact) mass is 280 g/mol. The molecule has 0 atom stereocenters. The van der Waals surface area contributed by atoms with E-state index in [0.29, 0.717) is 5.76 Å². The van der Waals surface area contributed by atoms with E-state index in [9.17, 15) is 4.79 Å². The molecule has 2 nitrogen and oxygen atoms in total. The molecular formula is C17H12O2S. The molecule has 0 saturated carbocycles. The van der Waals surface area contributed by atoms with Crippen molar-refractivity contribution in [2.75, 3.05) is 0 Å². The minimum Gasteiger partial charge on any atom is -0.455 e. The minimum absolute atomic E-state index is 0.575. The molecule has 0 unspecified atom stereocenters. The summed E-state index contributed by atoms with van der Waals surface area (Å²) in [4.78, 5) is 11.7. The topological polar surface area (TPSA) is 26.3 Å². The van der Waals surface area contributed by atoms with Gasteiger partial charge in [-0.25, -0.2) is 0 Å². The van der Waals surface area contributed by atoms with Gasteiger partial charge in [-0.1, -0.05) is 42.5 Å². The first-order valence-electron chi connectivity index (χ1n) is 6.23. The number of aldehydes is 1. The molecule has 3 aromatic rings. The highest BCUT2D eigenvalue weighted by Gasteiger charge is 2.08. The molecule has 3 rings (SSSR count). The first-order chi connectivity index (χ1) is 9.88. The quantitative estimate of drug-likeness (QED) is 0.399. The van der Waals surface area contributed by atoms with Crippen LogP contribution < -0.4 is 4.74 Å². The number of carbonyl (C=O) groups is 1. The molecule has 1 heterocycles. The van der Waals surface area contributed by atoms with Crippen molar-refractivity contribution in [1.82, 2.24) is 0 Å². The van der Waals surface area contributed by atoms with Crippen LogP contribution in [0.3, 0.4) is 0 Å². The second kappa shape index (κ2) is 5.72. The van der Waals surface area contributed by atoms with Crippen LogP contribution in [0.2, 0.25) is 0 Å². The summed E-state index contributed by atoms with van der Waals surface area (Å²) >= 11 is 1.54. The summed E-state index contributed by atoms with van der Waals surface area (Å²) in [5.41, 5.74) is 0. The van der Waals surface area contributed by atoms with Gasteiger partial charge in [0.05, 0.1) is 4.88 Å². The molecule has 0 radical (unpaired) electrons. The third-order valence-electron chi connectivity index (χ3n) is 2.95. The first-order valence-corrected chi connectivity index (χ1v) is 7.11. The van der Waals surface area contributed by atoms with Crippen LogP contribution in [0.4, 0.5) is 0 Å². The number of ether oxygens (including phenoxy) is 1. The van der Waals surface area contributed by atoms with E-state index in [4.69, 9.17) is 4.74 Å². The molecular weight excluding hydrogens is 268 g/mol. The molecule has 1 aromatic heterocycles. The van der Waals surface area contributed by atoms with Crippen molar-refractivity contribution in [3.05, 3.63) is 70.9 Å². The van der Waals surface area contributed by atoms with Crippen molar-refractivity contribution in [3.8, 4) is 5.75 Å². The maximum atomic E-state index is 10.8. The zero-order valence-corrected chi connectivity index (χ0v) is 11.5. The van der Waals surface area contributed by atoms with Crippen molar-refractivity contribution in [3.63, 3.8) is 0 Å². The van der Waals surface area contributed by atoms with Crippen molar-refractivity contribution < 1.29 is 9.53 Å². The minimum atomic E-state index is 0.575. The highest BCUT2D eigenvalue weighted by atomic mass is 32.1. The van der Waals surface area contributed by atoms with Gasteiger partial charge >= 0.3 is 0 Å². The lowest BCUT2D eigenvalue weighted by Crippen LogP contribution is -1.94. The van der Waals surface area contributed by atoms with Gasteiger partial charge in [-0.3, -0.25) is 4.79 Å². The Morgan fingerprint density at radius 3 is 2.65 bits per heavy atom. The molecule has 0 N–H and O–H groups in total. The lowest BCUT2D eigenvalue weighted by Gasteiger charge is -2.10. The van der Waals surface area contributed by atoms with E-state index in [2.05, 4.69) is 0 Å². The van der Waals surface area contributed by atoms with Gasteiger partial charge in [-0.2, -0.15) is 0 Å². The van der Waals surface area contributed by atoms with Gasteiger partial charge in [0, 0.05) is 11.5 Å². The fourth-order valence-electron chi connectivity index (χ4n) is 2.05. The Kier molecular flexibility index (Phi) is 3.61. The maximum Gasteiger partial charge on any atom is 0.147 e. The van der Waals surface area contributed by atoms with Crippen LogP contribution in [0.1, 0.15) is 4.88 Å². The van der Waals surface area contributed by atoms with Gasteiger partial charge in [0.15, 0.2) is 0 Å². The van der Waals surface area contributed by atoms with Crippen molar-refractivity contribution in [2.45, 2.75) is 0 Å². The maximum absolute atomic E-state index is 10.8. The Bertz CT molecular complexity index is 752. The van der Waals surface area contributed by atoms with E-state index in [1.54, 1.807) is 11.3 Å².